The van der Waals surface area contributed by atoms with Crippen LogP contribution in [0.3, 0.4) is 0 Å². The maximum atomic E-state index is 12.6. The highest BCUT2D eigenvalue weighted by Crippen LogP contribution is 2.31. The number of aryl methyl sites for hydroxylation is 2. The van der Waals surface area contributed by atoms with Gasteiger partial charge < -0.3 is 5.11 Å². The minimum atomic E-state index is -4.14. The van der Waals surface area contributed by atoms with E-state index in [-0.39, 0.29) is 21.5 Å². The zero-order valence-electron chi connectivity index (χ0n) is 13.1. The maximum absolute atomic E-state index is 12.6. The molecule has 0 aliphatic heterocycles. The molecule has 0 radical (unpaired) electrons. The van der Waals surface area contributed by atoms with Crippen LogP contribution in [0.1, 0.15) is 21.6 Å². The van der Waals surface area contributed by atoms with Gasteiger partial charge >= 0.3 is 5.97 Å². The third-order valence-electron chi connectivity index (χ3n) is 3.47. The molecule has 0 saturated carbocycles. The maximum Gasteiger partial charge on any atom is 0.336 e. The van der Waals surface area contributed by atoms with E-state index in [0.717, 1.165) is 0 Å². The Bertz CT molecular complexity index is 1110. The average Bonchev–Trinajstić information content (AvgIpc) is 2.97. The molecule has 2 N–H and O–H groups in total. The Labute approximate surface area is 150 Å². The molecular formula is C14H12BrN5O4S. The van der Waals surface area contributed by atoms with Gasteiger partial charge in [0.25, 0.3) is 21.0 Å². The molecule has 0 aliphatic rings. The normalized spacial score (nSPS) is 11.6. The van der Waals surface area contributed by atoms with Crippen LogP contribution < -0.4 is 4.72 Å². The fraction of sp³-hybridized carbons (Fsp3) is 0.143. The molecule has 1 aromatic carbocycles. The summed E-state index contributed by atoms with van der Waals surface area (Å²) in [6.07, 6.45) is 1.50. The van der Waals surface area contributed by atoms with E-state index in [0.29, 0.717) is 11.3 Å². The van der Waals surface area contributed by atoms with Crippen molar-refractivity contribution < 1.29 is 18.3 Å². The number of rotatable bonds is 4. The van der Waals surface area contributed by atoms with Crippen LogP contribution in [-0.4, -0.2) is 39.1 Å². The van der Waals surface area contributed by atoms with Crippen molar-refractivity contribution in [2.75, 3.05) is 4.72 Å². The number of fused-ring (bicyclic) bond motifs is 1. The molecule has 0 saturated heterocycles. The smallest absolute Gasteiger partial charge is 0.336 e. The van der Waals surface area contributed by atoms with Crippen molar-refractivity contribution in [2.45, 2.75) is 19.0 Å². The number of anilines is 1. The van der Waals surface area contributed by atoms with Gasteiger partial charge in [0.1, 0.15) is 0 Å². The SMILES string of the molecule is Cc1ccc(C(=O)O)c(Br)c1NS(=O)(=O)c1nc2nccc(C)n2n1. The van der Waals surface area contributed by atoms with E-state index in [4.69, 9.17) is 0 Å². The highest BCUT2D eigenvalue weighted by Gasteiger charge is 2.25. The van der Waals surface area contributed by atoms with Crippen molar-refractivity contribution in [3.63, 3.8) is 0 Å². The van der Waals surface area contributed by atoms with Crippen LogP contribution in [0.15, 0.2) is 34.0 Å². The molecule has 2 heterocycles. The number of halogens is 1. The Balaban J connectivity index is 2.08. The first-order valence-electron chi connectivity index (χ1n) is 6.94. The Morgan fingerprint density at radius 1 is 1.28 bits per heavy atom. The lowest BCUT2D eigenvalue weighted by atomic mass is 10.1. The van der Waals surface area contributed by atoms with Gasteiger partial charge in [-0.2, -0.15) is 13.4 Å². The van der Waals surface area contributed by atoms with E-state index < -0.39 is 21.1 Å². The van der Waals surface area contributed by atoms with Gasteiger partial charge in [0.15, 0.2) is 0 Å². The molecule has 0 aliphatic carbocycles. The van der Waals surface area contributed by atoms with E-state index >= 15 is 0 Å². The molecular weight excluding hydrogens is 414 g/mol. The third-order valence-corrected chi connectivity index (χ3v) is 5.42. The number of aromatic nitrogens is 4. The van der Waals surface area contributed by atoms with Crippen LogP contribution in [0.5, 0.6) is 0 Å². The molecule has 0 fully saturated rings. The van der Waals surface area contributed by atoms with Crippen molar-refractivity contribution in [1.29, 1.82) is 0 Å². The second-order valence-corrected chi connectivity index (χ2v) is 7.59. The summed E-state index contributed by atoms with van der Waals surface area (Å²) in [5.41, 5.74) is 1.26. The van der Waals surface area contributed by atoms with Crippen LogP contribution in [0.4, 0.5) is 5.69 Å². The van der Waals surface area contributed by atoms with Gasteiger partial charge in [-0.25, -0.2) is 14.3 Å². The van der Waals surface area contributed by atoms with E-state index in [2.05, 4.69) is 35.7 Å². The number of hydrogen-bond donors (Lipinski definition) is 2. The van der Waals surface area contributed by atoms with E-state index in [1.807, 2.05) is 0 Å². The number of nitrogens with one attached hydrogen (secondary N) is 1. The molecule has 9 nitrogen and oxygen atoms in total. The number of aromatic carboxylic acids is 1. The molecule has 0 unspecified atom stereocenters. The summed E-state index contributed by atoms with van der Waals surface area (Å²) >= 11 is 3.14. The summed E-state index contributed by atoms with van der Waals surface area (Å²) in [6.45, 7) is 3.39. The molecule has 11 heteroatoms. The molecule has 0 atom stereocenters. The number of carbonyl (C=O) groups is 1. The Morgan fingerprint density at radius 3 is 2.64 bits per heavy atom. The average molecular weight is 426 g/mol. The van der Waals surface area contributed by atoms with Crippen LogP contribution in [0.25, 0.3) is 5.78 Å². The van der Waals surface area contributed by atoms with Gasteiger partial charge in [0.2, 0.25) is 0 Å². The van der Waals surface area contributed by atoms with Crippen molar-refractivity contribution in [3.05, 3.63) is 45.7 Å². The highest BCUT2D eigenvalue weighted by atomic mass is 79.9. The number of carboxylic acid groups (broad SMARTS) is 1. The van der Waals surface area contributed by atoms with Gasteiger partial charge in [-0.05, 0) is 47.5 Å². The molecule has 25 heavy (non-hydrogen) atoms. The Morgan fingerprint density at radius 2 is 2.00 bits per heavy atom. The van der Waals surface area contributed by atoms with Gasteiger partial charge in [0.05, 0.1) is 15.7 Å². The number of nitrogens with zero attached hydrogens (tertiary/aromatic N) is 4. The van der Waals surface area contributed by atoms with Crippen LogP contribution in [0.2, 0.25) is 0 Å². The number of hydrogen-bond acceptors (Lipinski definition) is 6. The van der Waals surface area contributed by atoms with Gasteiger partial charge in [0, 0.05) is 11.9 Å². The topological polar surface area (TPSA) is 127 Å². The molecule has 3 aromatic rings. The van der Waals surface area contributed by atoms with Crippen LogP contribution in [-0.2, 0) is 10.0 Å². The molecule has 0 amide bonds. The van der Waals surface area contributed by atoms with Crippen LogP contribution >= 0.6 is 15.9 Å². The van der Waals surface area contributed by atoms with E-state index in [1.165, 1.54) is 22.8 Å². The van der Waals surface area contributed by atoms with E-state index in [1.54, 1.807) is 19.9 Å². The molecule has 0 spiro atoms. The molecule has 2 aromatic heterocycles. The van der Waals surface area contributed by atoms with Gasteiger partial charge in [-0.3, -0.25) is 4.72 Å². The van der Waals surface area contributed by atoms with E-state index in [9.17, 15) is 18.3 Å². The Kier molecular flexibility index (Phi) is 4.21. The van der Waals surface area contributed by atoms with Crippen LogP contribution in [0, 0.1) is 13.8 Å². The standard InChI is InChI=1S/C14H12BrN5O4S/c1-7-3-4-9(12(21)22)10(15)11(7)19-25(23,24)14-17-13-16-6-5-8(2)20(13)18-14/h3-6,19H,1-2H3,(H,21,22). The van der Waals surface area contributed by atoms with Crippen molar-refractivity contribution in [2.24, 2.45) is 0 Å². The van der Waals surface area contributed by atoms with Crippen molar-refractivity contribution in [3.8, 4) is 0 Å². The fourth-order valence-corrected chi connectivity index (χ4v) is 4.00. The molecule has 130 valence electrons. The van der Waals surface area contributed by atoms with Crippen molar-refractivity contribution in [1.82, 2.24) is 19.6 Å². The lowest BCUT2D eigenvalue weighted by molar-refractivity contribution is 0.0696. The summed E-state index contributed by atoms with van der Waals surface area (Å²) in [6, 6.07) is 4.56. The van der Waals surface area contributed by atoms with Gasteiger partial charge in [-0.15, -0.1) is 5.10 Å². The first-order valence-corrected chi connectivity index (χ1v) is 9.22. The summed E-state index contributed by atoms with van der Waals surface area (Å²) in [4.78, 5) is 19.1. The summed E-state index contributed by atoms with van der Waals surface area (Å²) in [5, 5.41) is 12.7. The first kappa shape index (κ1) is 17.3. The summed E-state index contributed by atoms with van der Waals surface area (Å²) in [5.74, 6) is -1.03. The second-order valence-electron chi connectivity index (χ2n) is 5.22. The predicted molar refractivity (Wildman–Crippen MR) is 92.2 cm³/mol. The second kappa shape index (κ2) is 6.08. The summed E-state index contributed by atoms with van der Waals surface area (Å²) < 4.78 is 29.0. The Hall–Kier alpha value is -2.53. The lowest BCUT2D eigenvalue weighted by Crippen LogP contribution is -2.17. The largest absolute Gasteiger partial charge is 0.478 e. The minimum absolute atomic E-state index is 0.0660. The number of carboxylic acids is 1. The lowest BCUT2D eigenvalue weighted by Gasteiger charge is -2.12. The predicted octanol–water partition coefficient (Wildman–Crippen LogP) is 2.00. The summed E-state index contributed by atoms with van der Waals surface area (Å²) in [7, 11) is -4.14. The molecule has 3 rings (SSSR count). The number of sulfonamides is 1. The quantitative estimate of drug-likeness (QED) is 0.653. The highest BCUT2D eigenvalue weighted by molar-refractivity contribution is 9.10. The zero-order chi connectivity index (χ0) is 18.4. The zero-order valence-corrected chi connectivity index (χ0v) is 15.5. The van der Waals surface area contributed by atoms with Crippen molar-refractivity contribution >= 4 is 43.4 Å². The monoisotopic (exact) mass is 425 g/mol. The minimum Gasteiger partial charge on any atom is -0.478 e. The van der Waals surface area contributed by atoms with Gasteiger partial charge in [-0.1, -0.05) is 6.07 Å². The first-order chi connectivity index (χ1) is 11.7. The fourth-order valence-electron chi connectivity index (χ4n) is 2.15. The third kappa shape index (κ3) is 3.07. The number of benzene rings is 1. The molecule has 0 bridgehead atoms.